The summed E-state index contributed by atoms with van der Waals surface area (Å²) in [6.07, 6.45) is 6.73. The molecular formula is C16H32N2O2. The lowest BCUT2D eigenvalue weighted by Crippen LogP contribution is -2.53. The fraction of sp³-hybridized carbons (Fsp3) is 0.938. The first kappa shape index (κ1) is 17.4. The molecule has 0 aromatic carbocycles. The molecule has 0 bridgehead atoms. The molecule has 1 fully saturated rings. The third kappa shape index (κ3) is 5.06. The molecule has 1 aliphatic rings. The van der Waals surface area contributed by atoms with E-state index in [1.165, 1.54) is 19.3 Å². The number of amides is 1. The number of ether oxygens (including phenoxy) is 1. The van der Waals surface area contributed by atoms with Crippen LogP contribution < -0.4 is 11.1 Å². The lowest BCUT2D eigenvalue weighted by molar-refractivity contribution is -0.127. The molecule has 3 N–H and O–H groups in total. The number of hydrogen-bond acceptors (Lipinski definition) is 3. The summed E-state index contributed by atoms with van der Waals surface area (Å²) < 4.78 is 6.08. The van der Waals surface area contributed by atoms with Crippen LogP contribution in [-0.2, 0) is 9.53 Å². The Hall–Kier alpha value is -0.610. The number of nitrogens with two attached hydrogens (primary N) is 1. The van der Waals surface area contributed by atoms with Gasteiger partial charge in [0.05, 0.1) is 11.6 Å². The Morgan fingerprint density at radius 2 is 1.90 bits per heavy atom. The number of nitrogens with one attached hydrogen (secondary N) is 1. The number of carbonyl (C=O) groups excluding carboxylic acids is 1. The van der Waals surface area contributed by atoms with Gasteiger partial charge in [0, 0.05) is 13.2 Å². The van der Waals surface area contributed by atoms with Crippen LogP contribution in [0.1, 0.15) is 66.2 Å². The van der Waals surface area contributed by atoms with Crippen molar-refractivity contribution in [1.29, 1.82) is 0 Å². The molecule has 0 saturated heterocycles. The van der Waals surface area contributed by atoms with Crippen molar-refractivity contribution >= 4 is 5.91 Å². The molecule has 0 unspecified atom stereocenters. The minimum Gasteiger partial charge on any atom is -0.373 e. The minimum absolute atomic E-state index is 0.0671. The Morgan fingerprint density at radius 1 is 1.30 bits per heavy atom. The van der Waals surface area contributed by atoms with Gasteiger partial charge in [-0.15, -0.1) is 0 Å². The molecule has 4 nitrogen and oxygen atoms in total. The highest BCUT2D eigenvalue weighted by Crippen LogP contribution is 2.31. The van der Waals surface area contributed by atoms with Crippen LogP contribution in [0.4, 0.5) is 0 Å². The molecular weight excluding hydrogens is 252 g/mol. The number of carbonyl (C=O) groups is 1. The van der Waals surface area contributed by atoms with Crippen molar-refractivity contribution in [2.24, 2.45) is 11.1 Å². The van der Waals surface area contributed by atoms with Crippen LogP contribution in [0.2, 0.25) is 0 Å². The molecule has 20 heavy (non-hydrogen) atoms. The first-order valence-corrected chi connectivity index (χ1v) is 7.98. The summed E-state index contributed by atoms with van der Waals surface area (Å²) in [5.74, 6) is -0.0671. The van der Waals surface area contributed by atoms with Gasteiger partial charge in [-0.05, 0) is 24.7 Å². The summed E-state index contributed by atoms with van der Waals surface area (Å²) in [6, 6.07) is -0.477. The summed E-state index contributed by atoms with van der Waals surface area (Å²) >= 11 is 0. The van der Waals surface area contributed by atoms with Crippen molar-refractivity contribution in [3.63, 3.8) is 0 Å². The molecule has 0 aromatic heterocycles. The normalized spacial score (nSPS) is 20.4. The van der Waals surface area contributed by atoms with E-state index in [2.05, 4.69) is 12.2 Å². The van der Waals surface area contributed by atoms with E-state index in [1.807, 2.05) is 20.8 Å². The molecule has 1 atom stereocenters. The lowest BCUT2D eigenvalue weighted by Gasteiger charge is -2.38. The third-order valence-corrected chi connectivity index (χ3v) is 4.18. The molecule has 1 amide bonds. The van der Waals surface area contributed by atoms with Crippen molar-refractivity contribution in [2.75, 3.05) is 13.2 Å². The Balaban J connectivity index is 2.55. The van der Waals surface area contributed by atoms with Gasteiger partial charge in [-0.25, -0.2) is 0 Å². The predicted molar refractivity (Wildman–Crippen MR) is 82.5 cm³/mol. The van der Waals surface area contributed by atoms with Crippen LogP contribution in [-0.4, -0.2) is 30.7 Å². The Bertz CT molecular complexity index is 304. The second-order valence-electron chi connectivity index (χ2n) is 7.15. The zero-order chi connectivity index (χ0) is 15.2. The van der Waals surface area contributed by atoms with Gasteiger partial charge in [0.1, 0.15) is 0 Å². The van der Waals surface area contributed by atoms with Gasteiger partial charge in [0.15, 0.2) is 0 Å². The van der Waals surface area contributed by atoms with Gasteiger partial charge >= 0.3 is 0 Å². The van der Waals surface area contributed by atoms with E-state index in [9.17, 15) is 4.79 Å². The molecule has 4 heteroatoms. The van der Waals surface area contributed by atoms with Crippen LogP contribution in [0.15, 0.2) is 0 Å². The van der Waals surface area contributed by atoms with E-state index >= 15 is 0 Å². The fourth-order valence-corrected chi connectivity index (χ4v) is 2.64. The first-order chi connectivity index (χ1) is 9.31. The van der Waals surface area contributed by atoms with Crippen LogP contribution in [0.25, 0.3) is 0 Å². The average molecular weight is 284 g/mol. The van der Waals surface area contributed by atoms with Crippen molar-refractivity contribution in [3.05, 3.63) is 0 Å². The van der Waals surface area contributed by atoms with Crippen LogP contribution in [0.5, 0.6) is 0 Å². The maximum absolute atomic E-state index is 12.2. The standard InChI is InChI=1S/C16H32N2O2/c1-5-11-20-16(9-7-6-8-10-16)12-18-14(19)13(17)15(2,3)4/h13H,5-12,17H2,1-4H3,(H,18,19)/t13-/m1/s1. The van der Waals surface area contributed by atoms with Crippen molar-refractivity contribution < 1.29 is 9.53 Å². The van der Waals surface area contributed by atoms with Crippen LogP contribution in [0.3, 0.4) is 0 Å². The van der Waals surface area contributed by atoms with Gasteiger partial charge in [0.25, 0.3) is 0 Å². The van der Waals surface area contributed by atoms with E-state index in [4.69, 9.17) is 10.5 Å². The molecule has 0 heterocycles. The Morgan fingerprint density at radius 3 is 2.40 bits per heavy atom. The van der Waals surface area contributed by atoms with Gasteiger partial charge in [0.2, 0.25) is 5.91 Å². The van der Waals surface area contributed by atoms with Gasteiger partial charge in [-0.3, -0.25) is 4.79 Å². The average Bonchev–Trinajstić information content (AvgIpc) is 2.42. The zero-order valence-electron chi connectivity index (χ0n) is 13.6. The quantitative estimate of drug-likeness (QED) is 0.788. The maximum atomic E-state index is 12.2. The molecule has 0 radical (unpaired) electrons. The number of hydrogen-bond donors (Lipinski definition) is 2. The van der Waals surface area contributed by atoms with Crippen LogP contribution >= 0.6 is 0 Å². The Labute approximate surface area is 123 Å². The molecule has 1 aliphatic carbocycles. The largest absolute Gasteiger partial charge is 0.373 e. The summed E-state index contributed by atoms with van der Waals surface area (Å²) in [7, 11) is 0. The second-order valence-corrected chi connectivity index (χ2v) is 7.15. The van der Waals surface area contributed by atoms with E-state index in [0.717, 1.165) is 25.9 Å². The van der Waals surface area contributed by atoms with Gasteiger partial charge < -0.3 is 15.8 Å². The summed E-state index contributed by atoms with van der Waals surface area (Å²) in [5, 5.41) is 3.02. The Kier molecular flexibility index (Phi) is 6.46. The zero-order valence-corrected chi connectivity index (χ0v) is 13.6. The van der Waals surface area contributed by atoms with E-state index in [-0.39, 0.29) is 16.9 Å². The van der Waals surface area contributed by atoms with E-state index < -0.39 is 6.04 Å². The third-order valence-electron chi connectivity index (χ3n) is 4.18. The number of rotatable bonds is 6. The molecule has 0 spiro atoms. The molecule has 1 rings (SSSR count). The van der Waals surface area contributed by atoms with E-state index in [1.54, 1.807) is 0 Å². The van der Waals surface area contributed by atoms with Gasteiger partial charge in [-0.1, -0.05) is 47.0 Å². The highest BCUT2D eigenvalue weighted by Gasteiger charge is 2.35. The molecule has 0 aromatic rings. The van der Waals surface area contributed by atoms with Crippen molar-refractivity contribution in [3.8, 4) is 0 Å². The lowest BCUT2D eigenvalue weighted by atomic mass is 9.83. The summed E-state index contributed by atoms with van der Waals surface area (Å²) in [4.78, 5) is 12.2. The monoisotopic (exact) mass is 284 g/mol. The molecule has 118 valence electrons. The minimum atomic E-state index is -0.477. The van der Waals surface area contributed by atoms with Crippen molar-refractivity contribution in [2.45, 2.75) is 77.9 Å². The first-order valence-electron chi connectivity index (χ1n) is 7.98. The summed E-state index contributed by atoms with van der Waals surface area (Å²) in [5.41, 5.74) is 5.62. The topological polar surface area (TPSA) is 64.3 Å². The van der Waals surface area contributed by atoms with Crippen molar-refractivity contribution in [1.82, 2.24) is 5.32 Å². The predicted octanol–water partition coefficient (Wildman–Crippen LogP) is 2.61. The van der Waals surface area contributed by atoms with Crippen LogP contribution in [0, 0.1) is 5.41 Å². The highest BCUT2D eigenvalue weighted by atomic mass is 16.5. The van der Waals surface area contributed by atoms with Gasteiger partial charge in [-0.2, -0.15) is 0 Å². The SMILES string of the molecule is CCCOC1(CNC(=O)[C@@H](N)C(C)(C)C)CCCCC1. The molecule has 0 aliphatic heterocycles. The molecule has 1 saturated carbocycles. The summed E-state index contributed by atoms with van der Waals surface area (Å²) in [6.45, 7) is 9.44. The van der Waals surface area contributed by atoms with E-state index in [0.29, 0.717) is 6.54 Å². The maximum Gasteiger partial charge on any atom is 0.237 e. The highest BCUT2D eigenvalue weighted by molar-refractivity contribution is 5.82. The fourth-order valence-electron chi connectivity index (χ4n) is 2.64. The second kappa shape index (κ2) is 7.41. The smallest absolute Gasteiger partial charge is 0.237 e.